The average molecular weight is 353 g/mol. The van der Waals surface area contributed by atoms with Gasteiger partial charge in [0.25, 0.3) is 5.91 Å². The number of benzene rings is 1. The standard InChI is InChI=1S/C19H19N3O4/c20-9-12-1-5-14(6-2-12)26-16-7-8-24-10-15(16)22-19(23)17-18(13-3-4-13)25-11-21-17/h1-2,5-6,11,13,15-16H,3-4,7-8,10H2,(H,22,23)/t15-,16-/m1/s1. The summed E-state index contributed by atoms with van der Waals surface area (Å²) in [6.07, 6.45) is 3.85. The molecule has 7 nitrogen and oxygen atoms in total. The molecule has 2 atom stereocenters. The van der Waals surface area contributed by atoms with Gasteiger partial charge in [-0.3, -0.25) is 4.79 Å². The molecule has 1 aliphatic heterocycles. The Morgan fingerprint density at radius 2 is 2.08 bits per heavy atom. The quantitative estimate of drug-likeness (QED) is 0.886. The smallest absolute Gasteiger partial charge is 0.273 e. The molecule has 1 amide bonds. The Bertz CT molecular complexity index is 820. The minimum Gasteiger partial charge on any atom is -0.488 e. The van der Waals surface area contributed by atoms with Crippen LogP contribution in [0.1, 0.15) is 47.0 Å². The lowest BCUT2D eigenvalue weighted by atomic mass is 10.1. The summed E-state index contributed by atoms with van der Waals surface area (Å²) in [6.45, 7) is 0.952. The molecule has 0 unspecified atom stereocenters. The van der Waals surface area contributed by atoms with Crippen molar-refractivity contribution < 1.29 is 18.7 Å². The molecule has 2 fully saturated rings. The van der Waals surface area contributed by atoms with Crippen LogP contribution in [-0.2, 0) is 4.74 Å². The Kier molecular flexibility index (Phi) is 4.59. The van der Waals surface area contributed by atoms with Crippen molar-refractivity contribution >= 4 is 5.91 Å². The first-order chi connectivity index (χ1) is 12.7. The van der Waals surface area contributed by atoms with Crippen LogP contribution in [-0.4, -0.2) is 36.3 Å². The number of carbonyl (C=O) groups excluding carboxylic acids is 1. The van der Waals surface area contributed by atoms with Gasteiger partial charge in [-0.15, -0.1) is 0 Å². The molecule has 0 bridgehead atoms. The summed E-state index contributed by atoms with van der Waals surface area (Å²) in [7, 11) is 0. The lowest BCUT2D eigenvalue weighted by molar-refractivity contribution is -0.00296. The highest BCUT2D eigenvalue weighted by molar-refractivity contribution is 5.93. The van der Waals surface area contributed by atoms with Gasteiger partial charge in [0.2, 0.25) is 0 Å². The zero-order chi connectivity index (χ0) is 17.9. The molecule has 1 saturated carbocycles. The fourth-order valence-corrected chi connectivity index (χ4v) is 3.07. The molecular weight excluding hydrogens is 334 g/mol. The first-order valence-corrected chi connectivity index (χ1v) is 8.73. The van der Waals surface area contributed by atoms with Crippen LogP contribution in [0, 0.1) is 11.3 Å². The molecule has 0 radical (unpaired) electrons. The molecule has 1 aromatic carbocycles. The number of amides is 1. The zero-order valence-corrected chi connectivity index (χ0v) is 14.2. The van der Waals surface area contributed by atoms with Gasteiger partial charge in [-0.05, 0) is 37.1 Å². The first kappa shape index (κ1) is 16.6. The number of nitrogens with one attached hydrogen (secondary N) is 1. The van der Waals surface area contributed by atoms with E-state index in [0.29, 0.717) is 48.3 Å². The maximum Gasteiger partial charge on any atom is 0.273 e. The first-order valence-electron chi connectivity index (χ1n) is 8.73. The van der Waals surface area contributed by atoms with Gasteiger partial charge in [-0.25, -0.2) is 4.98 Å². The van der Waals surface area contributed by atoms with Crippen molar-refractivity contribution in [1.82, 2.24) is 10.3 Å². The Morgan fingerprint density at radius 1 is 1.27 bits per heavy atom. The van der Waals surface area contributed by atoms with E-state index in [-0.39, 0.29) is 18.1 Å². The molecule has 2 heterocycles. The lowest BCUT2D eigenvalue weighted by Gasteiger charge is -2.32. The van der Waals surface area contributed by atoms with E-state index in [1.807, 2.05) is 0 Å². The van der Waals surface area contributed by atoms with E-state index in [1.54, 1.807) is 24.3 Å². The van der Waals surface area contributed by atoms with Gasteiger partial charge in [0, 0.05) is 12.3 Å². The van der Waals surface area contributed by atoms with Crippen LogP contribution in [0.25, 0.3) is 0 Å². The van der Waals surface area contributed by atoms with Gasteiger partial charge >= 0.3 is 0 Å². The number of aromatic nitrogens is 1. The molecule has 0 spiro atoms. The predicted octanol–water partition coefficient (Wildman–Crippen LogP) is 2.39. The van der Waals surface area contributed by atoms with Crippen LogP contribution in [0.2, 0.25) is 0 Å². The van der Waals surface area contributed by atoms with E-state index >= 15 is 0 Å². The van der Waals surface area contributed by atoms with E-state index in [1.165, 1.54) is 6.39 Å². The predicted molar refractivity (Wildman–Crippen MR) is 90.7 cm³/mol. The number of nitriles is 1. The summed E-state index contributed by atoms with van der Waals surface area (Å²) < 4.78 is 16.9. The molecule has 4 rings (SSSR count). The van der Waals surface area contributed by atoms with Gasteiger partial charge in [-0.1, -0.05) is 0 Å². The summed E-state index contributed by atoms with van der Waals surface area (Å²) in [5.41, 5.74) is 0.933. The maximum absolute atomic E-state index is 12.6. The third-order valence-electron chi connectivity index (χ3n) is 4.64. The monoisotopic (exact) mass is 353 g/mol. The van der Waals surface area contributed by atoms with Crippen molar-refractivity contribution in [3.63, 3.8) is 0 Å². The molecule has 2 aromatic rings. The van der Waals surface area contributed by atoms with E-state index < -0.39 is 0 Å². The Hall–Kier alpha value is -2.85. The van der Waals surface area contributed by atoms with Gasteiger partial charge in [0.05, 0.1) is 30.9 Å². The molecule has 1 saturated heterocycles. The summed E-state index contributed by atoms with van der Waals surface area (Å²) in [5, 5.41) is 11.9. The molecule has 1 aromatic heterocycles. The van der Waals surface area contributed by atoms with E-state index in [2.05, 4.69) is 16.4 Å². The number of hydrogen-bond acceptors (Lipinski definition) is 6. The number of carbonyl (C=O) groups is 1. The number of hydrogen-bond donors (Lipinski definition) is 1. The highest BCUT2D eigenvalue weighted by atomic mass is 16.5. The van der Waals surface area contributed by atoms with E-state index in [9.17, 15) is 4.79 Å². The number of oxazole rings is 1. The van der Waals surface area contributed by atoms with Gasteiger partial charge < -0.3 is 19.2 Å². The topological polar surface area (TPSA) is 97.4 Å². The molecule has 1 N–H and O–H groups in total. The Balaban J connectivity index is 1.44. The van der Waals surface area contributed by atoms with Crippen molar-refractivity contribution in [3.8, 4) is 11.8 Å². The number of nitrogens with zero attached hydrogens (tertiary/aromatic N) is 2. The number of ether oxygens (including phenoxy) is 2. The molecule has 26 heavy (non-hydrogen) atoms. The molecule has 1 aliphatic carbocycles. The van der Waals surface area contributed by atoms with Crippen molar-refractivity contribution in [2.45, 2.75) is 37.3 Å². The summed E-state index contributed by atoms with van der Waals surface area (Å²) in [4.78, 5) is 16.7. The highest BCUT2D eigenvalue weighted by Crippen LogP contribution is 2.41. The summed E-state index contributed by atoms with van der Waals surface area (Å²) >= 11 is 0. The third-order valence-corrected chi connectivity index (χ3v) is 4.64. The molecule has 7 heteroatoms. The largest absolute Gasteiger partial charge is 0.488 e. The van der Waals surface area contributed by atoms with Crippen LogP contribution < -0.4 is 10.1 Å². The van der Waals surface area contributed by atoms with E-state index in [0.717, 1.165) is 12.8 Å². The van der Waals surface area contributed by atoms with Crippen LogP contribution >= 0.6 is 0 Å². The zero-order valence-electron chi connectivity index (χ0n) is 14.2. The normalized spacial score (nSPS) is 22.4. The van der Waals surface area contributed by atoms with Crippen molar-refractivity contribution in [2.75, 3.05) is 13.2 Å². The number of rotatable bonds is 5. The molecule has 2 aliphatic rings. The Labute approximate surface area is 150 Å². The average Bonchev–Trinajstić information content (AvgIpc) is 3.40. The highest BCUT2D eigenvalue weighted by Gasteiger charge is 2.35. The SMILES string of the molecule is N#Cc1ccc(O[C@@H]2CCOC[C@H]2NC(=O)c2ncoc2C2CC2)cc1. The minimum atomic E-state index is -0.282. The van der Waals surface area contributed by atoms with Gasteiger partial charge in [0.15, 0.2) is 12.1 Å². The van der Waals surface area contributed by atoms with Crippen LogP contribution in [0.5, 0.6) is 5.75 Å². The second-order valence-electron chi connectivity index (χ2n) is 6.58. The summed E-state index contributed by atoms with van der Waals surface area (Å²) in [6, 6.07) is 8.73. The maximum atomic E-state index is 12.6. The van der Waals surface area contributed by atoms with Crippen molar-refractivity contribution in [3.05, 3.63) is 47.7 Å². The van der Waals surface area contributed by atoms with Gasteiger partial charge in [-0.2, -0.15) is 5.26 Å². The fraction of sp³-hybridized carbons (Fsp3) is 0.421. The van der Waals surface area contributed by atoms with Gasteiger partial charge in [0.1, 0.15) is 17.6 Å². The molecular formula is C19H19N3O4. The second kappa shape index (κ2) is 7.18. The summed E-state index contributed by atoms with van der Waals surface area (Å²) in [5.74, 6) is 1.38. The van der Waals surface area contributed by atoms with Crippen LogP contribution in [0.3, 0.4) is 0 Å². The molecule has 134 valence electrons. The van der Waals surface area contributed by atoms with Crippen LogP contribution in [0.15, 0.2) is 35.1 Å². The Morgan fingerprint density at radius 3 is 2.81 bits per heavy atom. The minimum absolute atomic E-state index is 0.211. The fourth-order valence-electron chi connectivity index (χ4n) is 3.07. The van der Waals surface area contributed by atoms with E-state index in [4.69, 9.17) is 19.2 Å². The third kappa shape index (κ3) is 3.55. The van der Waals surface area contributed by atoms with Crippen molar-refractivity contribution in [2.24, 2.45) is 0 Å². The van der Waals surface area contributed by atoms with Crippen molar-refractivity contribution in [1.29, 1.82) is 5.26 Å². The second-order valence-corrected chi connectivity index (χ2v) is 6.58. The lowest BCUT2D eigenvalue weighted by Crippen LogP contribution is -2.52. The van der Waals surface area contributed by atoms with Crippen LogP contribution in [0.4, 0.5) is 0 Å².